The first kappa shape index (κ1) is 26.9. The molecule has 8 heteroatoms. The van der Waals surface area contributed by atoms with Gasteiger partial charge in [0.25, 0.3) is 5.91 Å². The molecule has 37 heavy (non-hydrogen) atoms. The largest absolute Gasteiger partial charge is 0.490 e. The Kier molecular flexibility index (Phi) is 9.36. The number of benzene rings is 3. The number of nitrogens with zero attached hydrogens (tertiary/aromatic N) is 1. The molecule has 3 aromatic rings. The first-order valence-corrected chi connectivity index (χ1v) is 13.2. The first-order chi connectivity index (χ1) is 17.9. The van der Waals surface area contributed by atoms with Crippen LogP contribution in [0.4, 0.5) is 10.1 Å². The Hall–Kier alpha value is -3.16. The fourth-order valence-corrected chi connectivity index (χ4v) is 5.02. The van der Waals surface area contributed by atoms with Gasteiger partial charge >= 0.3 is 0 Å². The van der Waals surface area contributed by atoms with E-state index < -0.39 is 11.7 Å². The number of piperidine rings is 1. The topological polar surface area (TPSA) is 50.8 Å². The molecule has 1 N–H and O–H groups in total. The smallest absolute Gasteiger partial charge is 0.262 e. The summed E-state index contributed by atoms with van der Waals surface area (Å²) in [6.45, 7) is 3.64. The molecule has 0 aliphatic carbocycles. The molecule has 0 radical (unpaired) electrons. The molecule has 5 nitrogen and oxygen atoms in total. The van der Waals surface area contributed by atoms with E-state index in [0.717, 1.165) is 37.9 Å². The second-order valence-electron chi connectivity index (χ2n) is 8.96. The fourth-order valence-electron chi connectivity index (χ4n) is 4.45. The summed E-state index contributed by atoms with van der Waals surface area (Å²) in [6.07, 6.45) is 3.22. The molecule has 1 amide bonds. The van der Waals surface area contributed by atoms with Crippen LogP contribution in [-0.4, -0.2) is 42.1 Å². The number of amides is 1. The van der Waals surface area contributed by atoms with Crippen molar-refractivity contribution < 1.29 is 18.7 Å². The van der Waals surface area contributed by atoms with Crippen LogP contribution in [0.3, 0.4) is 0 Å². The minimum atomic E-state index is -0.522. The number of hydrogen-bond donors (Lipinski definition) is 1. The highest BCUT2D eigenvalue weighted by atomic mass is 35.5. The van der Waals surface area contributed by atoms with Crippen molar-refractivity contribution in [3.05, 3.63) is 88.7 Å². The third-order valence-corrected chi connectivity index (χ3v) is 7.10. The van der Waals surface area contributed by atoms with Gasteiger partial charge < -0.3 is 19.7 Å². The van der Waals surface area contributed by atoms with Crippen molar-refractivity contribution >= 4 is 40.4 Å². The minimum absolute atomic E-state index is 0.0838. The van der Waals surface area contributed by atoms with Crippen molar-refractivity contribution in [2.45, 2.75) is 26.2 Å². The zero-order chi connectivity index (χ0) is 26.2. The molecule has 1 saturated heterocycles. The molecule has 194 valence electrons. The summed E-state index contributed by atoms with van der Waals surface area (Å²) in [6, 6.07) is 20.1. The summed E-state index contributed by atoms with van der Waals surface area (Å²) in [5, 5.41) is 2.78. The number of thiocarbonyl (C=S) groups is 1. The van der Waals surface area contributed by atoms with Gasteiger partial charge in [0.05, 0.1) is 17.3 Å². The van der Waals surface area contributed by atoms with Crippen LogP contribution in [0, 0.1) is 11.7 Å². The summed E-state index contributed by atoms with van der Waals surface area (Å²) in [5.41, 5.74) is 2.23. The van der Waals surface area contributed by atoms with Crippen LogP contribution < -0.4 is 14.8 Å². The quantitative estimate of drug-likeness (QED) is 0.313. The maximum absolute atomic E-state index is 13.8. The molecular weight excluding hydrogens is 511 g/mol. The van der Waals surface area contributed by atoms with E-state index in [0.29, 0.717) is 28.3 Å². The van der Waals surface area contributed by atoms with Gasteiger partial charge in [0.15, 0.2) is 18.1 Å². The summed E-state index contributed by atoms with van der Waals surface area (Å²) >= 11 is 12.4. The number of nitrogens with one attached hydrogen (secondary N) is 1. The number of likely N-dealkylation sites (tertiary alicyclic amines) is 1. The van der Waals surface area contributed by atoms with E-state index in [1.165, 1.54) is 17.7 Å². The van der Waals surface area contributed by atoms with Gasteiger partial charge in [-0.3, -0.25) is 4.79 Å². The first-order valence-electron chi connectivity index (χ1n) is 12.4. The minimum Gasteiger partial charge on any atom is -0.490 e. The lowest BCUT2D eigenvalue weighted by Gasteiger charge is -2.34. The SMILES string of the molecule is CCOc1cc(C(=S)N2CCC(Cc3ccccc3)CC2)cc(Cl)c1OCC(=O)Nc1ccccc1F. The van der Waals surface area contributed by atoms with Gasteiger partial charge in [-0.05, 0) is 61.9 Å². The Morgan fingerprint density at radius 3 is 2.49 bits per heavy atom. The Labute approximate surface area is 227 Å². The lowest BCUT2D eigenvalue weighted by atomic mass is 9.90. The van der Waals surface area contributed by atoms with E-state index in [1.54, 1.807) is 24.3 Å². The predicted octanol–water partition coefficient (Wildman–Crippen LogP) is 6.53. The average molecular weight is 541 g/mol. The molecule has 0 spiro atoms. The third kappa shape index (κ3) is 7.21. The molecule has 4 rings (SSSR count). The van der Waals surface area contributed by atoms with Crippen LogP contribution in [-0.2, 0) is 11.2 Å². The third-order valence-electron chi connectivity index (χ3n) is 6.32. The zero-order valence-corrected chi connectivity index (χ0v) is 22.3. The van der Waals surface area contributed by atoms with Crippen LogP contribution in [0.1, 0.15) is 30.9 Å². The highest BCUT2D eigenvalue weighted by Crippen LogP contribution is 2.37. The molecule has 0 saturated carbocycles. The second-order valence-corrected chi connectivity index (χ2v) is 9.75. The molecule has 1 fully saturated rings. The van der Waals surface area contributed by atoms with Gasteiger partial charge in [0.1, 0.15) is 10.8 Å². The van der Waals surface area contributed by atoms with Crippen molar-refractivity contribution in [1.29, 1.82) is 0 Å². The lowest BCUT2D eigenvalue weighted by Crippen LogP contribution is -2.38. The summed E-state index contributed by atoms with van der Waals surface area (Å²) < 4.78 is 25.3. The van der Waals surface area contributed by atoms with Gasteiger partial charge in [-0.1, -0.05) is 66.3 Å². The average Bonchev–Trinajstić information content (AvgIpc) is 2.90. The lowest BCUT2D eigenvalue weighted by molar-refractivity contribution is -0.118. The summed E-state index contributed by atoms with van der Waals surface area (Å²) in [5.74, 6) is 0.257. The molecule has 3 aromatic carbocycles. The summed E-state index contributed by atoms with van der Waals surface area (Å²) in [7, 11) is 0. The Morgan fingerprint density at radius 1 is 1.08 bits per heavy atom. The van der Waals surface area contributed by atoms with E-state index in [4.69, 9.17) is 33.3 Å². The van der Waals surface area contributed by atoms with Crippen LogP contribution in [0.2, 0.25) is 5.02 Å². The standard InChI is InChI=1S/C29H30ClFN2O3S/c1-2-35-26-18-22(29(37)33-14-12-21(13-15-33)16-20-8-4-3-5-9-20)17-23(30)28(26)36-19-27(34)32-25-11-7-6-10-24(25)31/h3-11,17-18,21H,2,12-16,19H2,1H3,(H,32,34). The van der Waals surface area contributed by atoms with Gasteiger partial charge in [0, 0.05) is 18.7 Å². The van der Waals surface area contributed by atoms with Crippen LogP contribution in [0.15, 0.2) is 66.7 Å². The number of anilines is 1. The monoisotopic (exact) mass is 540 g/mol. The molecule has 0 unspecified atom stereocenters. The van der Waals surface area contributed by atoms with Gasteiger partial charge in [-0.15, -0.1) is 0 Å². The van der Waals surface area contributed by atoms with E-state index in [1.807, 2.05) is 13.0 Å². The molecule has 0 aromatic heterocycles. The van der Waals surface area contributed by atoms with E-state index in [-0.39, 0.29) is 18.0 Å². The molecule has 1 heterocycles. The van der Waals surface area contributed by atoms with Crippen LogP contribution >= 0.6 is 23.8 Å². The number of para-hydroxylation sites is 1. The number of carbonyl (C=O) groups excluding carboxylic acids is 1. The van der Waals surface area contributed by atoms with Crippen molar-refractivity contribution in [3.8, 4) is 11.5 Å². The fraction of sp³-hybridized carbons (Fsp3) is 0.310. The van der Waals surface area contributed by atoms with Crippen molar-refractivity contribution in [1.82, 2.24) is 4.90 Å². The number of rotatable bonds is 9. The molecule has 0 bridgehead atoms. The second kappa shape index (κ2) is 12.9. The van der Waals surface area contributed by atoms with Gasteiger partial charge in [0.2, 0.25) is 0 Å². The highest BCUT2D eigenvalue weighted by Gasteiger charge is 2.24. The molecular formula is C29H30ClFN2O3S. The van der Waals surface area contributed by atoms with E-state index in [2.05, 4.69) is 34.5 Å². The van der Waals surface area contributed by atoms with Gasteiger partial charge in [-0.2, -0.15) is 0 Å². The Bertz CT molecular complexity index is 1230. The molecule has 1 aliphatic heterocycles. The maximum atomic E-state index is 13.8. The van der Waals surface area contributed by atoms with Crippen LogP contribution in [0.5, 0.6) is 11.5 Å². The summed E-state index contributed by atoms with van der Waals surface area (Å²) in [4.78, 5) is 15.2. The Balaban J connectivity index is 1.38. The van der Waals surface area contributed by atoms with Gasteiger partial charge in [-0.25, -0.2) is 4.39 Å². The number of hydrogen-bond acceptors (Lipinski definition) is 4. The molecule has 0 atom stereocenters. The van der Waals surface area contributed by atoms with E-state index >= 15 is 0 Å². The number of carbonyl (C=O) groups is 1. The molecule has 1 aliphatic rings. The zero-order valence-electron chi connectivity index (χ0n) is 20.7. The van der Waals surface area contributed by atoms with Crippen molar-refractivity contribution in [2.75, 3.05) is 31.6 Å². The maximum Gasteiger partial charge on any atom is 0.262 e. The highest BCUT2D eigenvalue weighted by molar-refractivity contribution is 7.80. The van der Waals surface area contributed by atoms with E-state index in [9.17, 15) is 9.18 Å². The van der Waals surface area contributed by atoms with Crippen molar-refractivity contribution in [2.24, 2.45) is 5.92 Å². The Morgan fingerprint density at radius 2 is 1.78 bits per heavy atom. The number of halogens is 2. The van der Waals surface area contributed by atoms with Crippen molar-refractivity contribution in [3.63, 3.8) is 0 Å². The van der Waals surface area contributed by atoms with Crippen LogP contribution in [0.25, 0.3) is 0 Å². The predicted molar refractivity (Wildman–Crippen MR) is 149 cm³/mol. The normalized spacial score (nSPS) is 13.8. The number of ether oxygens (including phenoxy) is 2.